The SMILES string of the molecule is CCOC(=O)C(N)C(=O)NCCC(C)C(=O)O. The zero-order valence-electron chi connectivity index (χ0n) is 9.93. The maximum absolute atomic E-state index is 11.3. The Morgan fingerprint density at radius 2 is 2.00 bits per heavy atom. The number of nitrogens with one attached hydrogen (secondary N) is 1. The quantitative estimate of drug-likeness (QED) is 0.396. The van der Waals surface area contributed by atoms with Crippen LogP contribution in [-0.4, -0.2) is 42.1 Å². The first-order chi connectivity index (χ1) is 7.90. The predicted molar refractivity (Wildman–Crippen MR) is 59.0 cm³/mol. The Balaban J connectivity index is 3.94. The van der Waals surface area contributed by atoms with E-state index in [4.69, 9.17) is 10.8 Å². The number of hydrogen-bond donors (Lipinski definition) is 3. The van der Waals surface area contributed by atoms with E-state index in [2.05, 4.69) is 10.1 Å². The van der Waals surface area contributed by atoms with E-state index < -0.39 is 29.8 Å². The monoisotopic (exact) mass is 246 g/mol. The molecule has 0 aliphatic rings. The molecule has 0 bridgehead atoms. The van der Waals surface area contributed by atoms with Crippen LogP contribution >= 0.6 is 0 Å². The van der Waals surface area contributed by atoms with Crippen LogP contribution in [-0.2, 0) is 19.1 Å². The van der Waals surface area contributed by atoms with Gasteiger partial charge in [0, 0.05) is 6.54 Å². The molecular formula is C10H18N2O5. The summed E-state index contributed by atoms with van der Waals surface area (Å²) in [6.07, 6.45) is 0.274. The van der Waals surface area contributed by atoms with Crippen molar-refractivity contribution in [3.8, 4) is 0 Å². The zero-order chi connectivity index (χ0) is 13.4. The summed E-state index contributed by atoms with van der Waals surface area (Å²) >= 11 is 0. The van der Waals surface area contributed by atoms with Gasteiger partial charge < -0.3 is 20.9 Å². The normalized spacial score (nSPS) is 13.6. The average Bonchev–Trinajstić information content (AvgIpc) is 2.27. The Morgan fingerprint density at radius 1 is 1.41 bits per heavy atom. The molecule has 98 valence electrons. The van der Waals surface area contributed by atoms with Crippen LogP contribution in [0.3, 0.4) is 0 Å². The molecule has 17 heavy (non-hydrogen) atoms. The van der Waals surface area contributed by atoms with Gasteiger partial charge in [-0.05, 0) is 13.3 Å². The van der Waals surface area contributed by atoms with Gasteiger partial charge in [-0.25, -0.2) is 4.79 Å². The first-order valence-electron chi connectivity index (χ1n) is 5.32. The van der Waals surface area contributed by atoms with Gasteiger partial charge in [0.1, 0.15) is 0 Å². The molecule has 0 heterocycles. The van der Waals surface area contributed by atoms with Crippen LogP contribution in [0.15, 0.2) is 0 Å². The van der Waals surface area contributed by atoms with E-state index in [0.717, 1.165) is 0 Å². The lowest BCUT2D eigenvalue weighted by Gasteiger charge is -2.12. The number of carboxylic acid groups (broad SMARTS) is 1. The van der Waals surface area contributed by atoms with Crippen molar-refractivity contribution in [2.45, 2.75) is 26.3 Å². The zero-order valence-corrected chi connectivity index (χ0v) is 9.93. The molecule has 1 amide bonds. The predicted octanol–water partition coefficient (Wildman–Crippen LogP) is -0.896. The van der Waals surface area contributed by atoms with Gasteiger partial charge in [0.15, 0.2) is 6.04 Å². The average molecular weight is 246 g/mol. The van der Waals surface area contributed by atoms with Crippen molar-refractivity contribution in [2.24, 2.45) is 11.7 Å². The summed E-state index contributed by atoms with van der Waals surface area (Å²) in [5, 5.41) is 11.0. The summed E-state index contributed by atoms with van der Waals surface area (Å²) < 4.78 is 4.57. The molecule has 0 radical (unpaired) electrons. The lowest BCUT2D eigenvalue weighted by Crippen LogP contribution is -2.47. The van der Waals surface area contributed by atoms with E-state index in [-0.39, 0.29) is 19.6 Å². The number of carboxylic acids is 1. The van der Waals surface area contributed by atoms with E-state index in [1.54, 1.807) is 6.92 Å². The van der Waals surface area contributed by atoms with Crippen molar-refractivity contribution in [1.82, 2.24) is 5.32 Å². The van der Waals surface area contributed by atoms with Crippen molar-refractivity contribution >= 4 is 17.8 Å². The lowest BCUT2D eigenvalue weighted by atomic mass is 10.1. The highest BCUT2D eigenvalue weighted by Gasteiger charge is 2.23. The summed E-state index contributed by atoms with van der Waals surface area (Å²) in [6.45, 7) is 3.44. The molecule has 0 fully saturated rings. The highest BCUT2D eigenvalue weighted by atomic mass is 16.5. The maximum atomic E-state index is 11.3. The van der Waals surface area contributed by atoms with Crippen LogP contribution in [0.2, 0.25) is 0 Å². The number of nitrogens with two attached hydrogens (primary N) is 1. The fourth-order valence-electron chi connectivity index (χ4n) is 0.984. The summed E-state index contributed by atoms with van der Waals surface area (Å²) in [5.41, 5.74) is 5.32. The molecule has 4 N–H and O–H groups in total. The second kappa shape index (κ2) is 7.61. The molecule has 0 spiro atoms. The Hall–Kier alpha value is -1.63. The minimum absolute atomic E-state index is 0.149. The maximum Gasteiger partial charge on any atom is 0.332 e. The molecular weight excluding hydrogens is 228 g/mol. The molecule has 0 rings (SSSR count). The fraction of sp³-hybridized carbons (Fsp3) is 0.700. The summed E-state index contributed by atoms with van der Waals surface area (Å²) in [7, 11) is 0. The number of esters is 1. The molecule has 0 aromatic rings. The second-order valence-electron chi connectivity index (χ2n) is 3.55. The molecule has 0 saturated heterocycles. The molecule has 0 aromatic heterocycles. The third-order valence-electron chi connectivity index (χ3n) is 2.12. The molecule has 0 aliphatic carbocycles. The molecule has 0 saturated carbocycles. The number of ether oxygens (including phenoxy) is 1. The second-order valence-corrected chi connectivity index (χ2v) is 3.55. The first kappa shape index (κ1) is 15.4. The lowest BCUT2D eigenvalue weighted by molar-refractivity contribution is -0.148. The molecule has 7 nitrogen and oxygen atoms in total. The van der Waals surface area contributed by atoms with Gasteiger partial charge in [0.25, 0.3) is 0 Å². The number of aliphatic carboxylic acids is 1. The van der Waals surface area contributed by atoms with Gasteiger partial charge in [-0.1, -0.05) is 6.92 Å². The molecule has 7 heteroatoms. The topological polar surface area (TPSA) is 119 Å². The van der Waals surface area contributed by atoms with Gasteiger partial charge in [0.2, 0.25) is 5.91 Å². The van der Waals surface area contributed by atoms with Crippen molar-refractivity contribution in [1.29, 1.82) is 0 Å². The van der Waals surface area contributed by atoms with Crippen LogP contribution in [0.25, 0.3) is 0 Å². The van der Waals surface area contributed by atoms with E-state index in [9.17, 15) is 14.4 Å². The summed E-state index contributed by atoms with van der Waals surface area (Å²) in [4.78, 5) is 32.9. The number of carbonyl (C=O) groups excluding carboxylic acids is 2. The summed E-state index contributed by atoms with van der Waals surface area (Å²) in [6, 6.07) is -1.37. The molecule has 2 unspecified atom stereocenters. The third-order valence-corrected chi connectivity index (χ3v) is 2.12. The number of rotatable bonds is 7. The Morgan fingerprint density at radius 3 is 2.47 bits per heavy atom. The van der Waals surface area contributed by atoms with Gasteiger partial charge in [-0.2, -0.15) is 0 Å². The van der Waals surface area contributed by atoms with Crippen LogP contribution in [0, 0.1) is 5.92 Å². The van der Waals surface area contributed by atoms with Gasteiger partial charge in [0.05, 0.1) is 12.5 Å². The van der Waals surface area contributed by atoms with E-state index >= 15 is 0 Å². The number of hydrogen-bond acceptors (Lipinski definition) is 5. The first-order valence-corrected chi connectivity index (χ1v) is 5.32. The van der Waals surface area contributed by atoms with Crippen LogP contribution in [0.1, 0.15) is 20.3 Å². The Labute approximate surface area is 99.3 Å². The fourth-order valence-corrected chi connectivity index (χ4v) is 0.984. The van der Waals surface area contributed by atoms with Crippen LogP contribution in [0.5, 0.6) is 0 Å². The van der Waals surface area contributed by atoms with Crippen molar-refractivity contribution in [3.05, 3.63) is 0 Å². The van der Waals surface area contributed by atoms with E-state index in [1.807, 2.05) is 0 Å². The van der Waals surface area contributed by atoms with E-state index in [1.165, 1.54) is 6.92 Å². The van der Waals surface area contributed by atoms with Gasteiger partial charge in [-0.3, -0.25) is 9.59 Å². The Kier molecular flexibility index (Phi) is 6.88. The highest BCUT2D eigenvalue weighted by Crippen LogP contribution is 1.99. The third kappa shape index (κ3) is 5.86. The van der Waals surface area contributed by atoms with Gasteiger partial charge >= 0.3 is 11.9 Å². The smallest absolute Gasteiger partial charge is 0.332 e. The largest absolute Gasteiger partial charge is 0.481 e. The number of carbonyl (C=O) groups is 3. The molecule has 0 aliphatic heterocycles. The van der Waals surface area contributed by atoms with E-state index in [0.29, 0.717) is 0 Å². The van der Waals surface area contributed by atoms with Crippen LogP contribution < -0.4 is 11.1 Å². The van der Waals surface area contributed by atoms with Gasteiger partial charge in [-0.15, -0.1) is 0 Å². The highest BCUT2D eigenvalue weighted by molar-refractivity contribution is 6.01. The van der Waals surface area contributed by atoms with Crippen molar-refractivity contribution in [2.75, 3.05) is 13.2 Å². The molecule has 0 aromatic carbocycles. The van der Waals surface area contributed by atoms with Crippen molar-refractivity contribution < 1.29 is 24.2 Å². The molecule has 2 atom stereocenters. The Bertz CT molecular complexity index is 292. The minimum atomic E-state index is -1.37. The number of amides is 1. The van der Waals surface area contributed by atoms with Crippen LogP contribution in [0.4, 0.5) is 0 Å². The minimum Gasteiger partial charge on any atom is -0.481 e. The summed E-state index contributed by atoms with van der Waals surface area (Å²) in [5.74, 6) is -2.96. The van der Waals surface area contributed by atoms with Crippen molar-refractivity contribution in [3.63, 3.8) is 0 Å². The standard InChI is InChI=1S/C10H18N2O5/c1-3-17-10(16)7(11)8(13)12-5-4-6(2)9(14)15/h6-7H,3-5,11H2,1-2H3,(H,12,13)(H,14,15).